The first kappa shape index (κ1) is 14.1. The highest BCUT2D eigenvalue weighted by Crippen LogP contribution is 2.29. The fourth-order valence-electron chi connectivity index (χ4n) is 2.63. The molecule has 0 radical (unpaired) electrons. The van der Waals surface area contributed by atoms with Crippen molar-refractivity contribution in [1.82, 2.24) is 0 Å². The second kappa shape index (κ2) is 5.38. The van der Waals surface area contributed by atoms with E-state index in [1.54, 1.807) is 6.07 Å². The normalized spacial score (nSPS) is 24.1. The van der Waals surface area contributed by atoms with Gasteiger partial charge in [-0.3, -0.25) is 0 Å². The van der Waals surface area contributed by atoms with Crippen LogP contribution < -0.4 is 16.2 Å². The largest absolute Gasteiger partial charge is 0.397 e. The lowest BCUT2D eigenvalue weighted by atomic mass is 9.87. The van der Waals surface area contributed by atoms with Crippen LogP contribution >= 0.6 is 0 Å². The molecule has 1 aliphatic rings. The zero-order valence-electron chi connectivity index (χ0n) is 11.1. The Morgan fingerprint density at radius 3 is 2.63 bits per heavy atom. The average Bonchev–Trinajstić information content (AvgIpc) is 2.30. The molecule has 2 unspecified atom stereocenters. The fraction of sp³-hybridized carbons (Fsp3) is 0.538. The van der Waals surface area contributed by atoms with E-state index in [4.69, 9.17) is 10.9 Å². The van der Waals surface area contributed by atoms with Crippen LogP contribution in [0.25, 0.3) is 0 Å². The van der Waals surface area contributed by atoms with Gasteiger partial charge in [0.15, 0.2) is 0 Å². The fourth-order valence-corrected chi connectivity index (χ4v) is 3.18. The first-order chi connectivity index (χ1) is 8.86. The monoisotopic (exact) mass is 283 g/mol. The van der Waals surface area contributed by atoms with Crippen molar-refractivity contribution >= 4 is 21.4 Å². The van der Waals surface area contributed by atoms with Crippen molar-refractivity contribution in [3.05, 3.63) is 18.2 Å². The molecule has 5 N–H and O–H groups in total. The molecule has 1 fully saturated rings. The second-order valence-electron chi connectivity index (χ2n) is 5.41. The maximum atomic E-state index is 11.2. The minimum Gasteiger partial charge on any atom is -0.397 e. The van der Waals surface area contributed by atoms with Gasteiger partial charge in [0, 0.05) is 6.04 Å². The summed E-state index contributed by atoms with van der Waals surface area (Å²) >= 11 is 0. The molecule has 1 saturated carbocycles. The van der Waals surface area contributed by atoms with Crippen molar-refractivity contribution in [2.24, 2.45) is 11.1 Å². The summed E-state index contributed by atoms with van der Waals surface area (Å²) in [4.78, 5) is 0.0487. The van der Waals surface area contributed by atoms with E-state index in [1.165, 1.54) is 25.0 Å². The number of nitrogens with one attached hydrogen (secondary N) is 1. The predicted molar refractivity (Wildman–Crippen MR) is 77.3 cm³/mol. The molecule has 1 aromatic rings. The third-order valence-electron chi connectivity index (χ3n) is 3.65. The van der Waals surface area contributed by atoms with Gasteiger partial charge < -0.3 is 11.1 Å². The molecule has 5 nitrogen and oxygen atoms in total. The molecule has 0 aromatic heterocycles. The molecular weight excluding hydrogens is 262 g/mol. The molecule has 0 saturated heterocycles. The van der Waals surface area contributed by atoms with Crippen LogP contribution in [0.4, 0.5) is 11.4 Å². The first-order valence-corrected chi connectivity index (χ1v) is 8.10. The molecule has 106 valence electrons. The number of anilines is 2. The van der Waals surface area contributed by atoms with Crippen LogP contribution in [0.15, 0.2) is 23.1 Å². The van der Waals surface area contributed by atoms with Gasteiger partial charge in [-0.1, -0.05) is 19.8 Å². The second-order valence-corrected chi connectivity index (χ2v) is 6.97. The van der Waals surface area contributed by atoms with E-state index >= 15 is 0 Å². The van der Waals surface area contributed by atoms with Gasteiger partial charge in [-0.2, -0.15) is 0 Å². The zero-order chi connectivity index (χ0) is 14.0. The number of nitrogen functional groups attached to an aromatic ring is 1. The van der Waals surface area contributed by atoms with Crippen LogP contribution in [0.3, 0.4) is 0 Å². The van der Waals surface area contributed by atoms with Gasteiger partial charge in [0.25, 0.3) is 0 Å². The van der Waals surface area contributed by atoms with Crippen LogP contribution in [0, 0.1) is 5.92 Å². The number of primary sulfonamides is 1. The number of rotatable bonds is 3. The topological polar surface area (TPSA) is 98.2 Å². The summed E-state index contributed by atoms with van der Waals surface area (Å²) < 4.78 is 22.5. The highest BCUT2D eigenvalue weighted by Gasteiger charge is 2.19. The van der Waals surface area contributed by atoms with Crippen LogP contribution in [-0.2, 0) is 10.0 Å². The Balaban J connectivity index is 2.13. The van der Waals surface area contributed by atoms with Crippen LogP contribution in [-0.4, -0.2) is 14.5 Å². The highest BCUT2D eigenvalue weighted by molar-refractivity contribution is 7.89. The molecule has 6 heteroatoms. The molecule has 0 heterocycles. The molecular formula is C13H21N3O2S. The van der Waals surface area contributed by atoms with E-state index in [-0.39, 0.29) is 4.90 Å². The SMILES string of the molecule is CC1CCCC(Nc2ccc(S(N)(=O)=O)cc2N)C1. The summed E-state index contributed by atoms with van der Waals surface area (Å²) in [6, 6.07) is 4.99. The lowest BCUT2D eigenvalue weighted by molar-refractivity contribution is 0.359. The smallest absolute Gasteiger partial charge is 0.238 e. The lowest BCUT2D eigenvalue weighted by Crippen LogP contribution is -2.26. The Morgan fingerprint density at radius 1 is 1.32 bits per heavy atom. The summed E-state index contributed by atoms with van der Waals surface area (Å²) in [5, 5.41) is 8.47. The molecule has 1 aromatic carbocycles. The molecule has 1 aliphatic carbocycles. The van der Waals surface area contributed by atoms with Crippen LogP contribution in [0.2, 0.25) is 0 Å². The maximum absolute atomic E-state index is 11.2. The number of benzene rings is 1. The van der Waals surface area contributed by atoms with E-state index in [0.29, 0.717) is 11.7 Å². The van der Waals surface area contributed by atoms with Crippen LogP contribution in [0.5, 0.6) is 0 Å². The van der Waals surface area contributed by atoms with Gasteiger partial charge in [0.05, 0.1) is 16.3 Å². The van der Waals surface area contributed by atoms with E-state index in [1.807, 2.05) is 0 Å². The molecule has 2 rings (SSSR count). The Hall–Kier alpha value is -1.27. The Labute approximate surface area is 114 Å². The Bertz CT molecular complexity index is 557. The summed E-state index contributed by atoms with van der Waals surface area (Å²) in [6.07, 6.45) is 4.74. The molecule has 0 spiro atoms. The van der Waals surface area contributed by atoms with E-state index in [2.05, 4.69) is 12.2 Å². The van der Waals surface area contributed by atoms with Gasteiger partial charge in [-0.05, 0) is 37.0 Å². The van der Waals surface area contributed by atoms with Gasteiger partial charge >= 0.3 is 0 Å². The predicted octanol–water partition coefficient (Wildman–Crippen LogP) is 1.91. The first-order valence-electron chi connectivity index (χ1n) is 6.55. The van der Waals surface area contributed by atoms with Crippen molar-refractivity contribution in [3.8, 4) is 0 Å². The molecule has 0 amide bonds. The number of hydrogen-bond donors (Lipinski definition) is 3. The van der Waals surface area contributed by atoms with Crippen molar-refractivity contribution in [2.75, 3.05) is 11.1 Å². The minimum absolute atomic E-state index is 0.0487. The number of nitrogens with two attached hydrogens (primary N) is 2. The molecule has 0 bridgehead atoms. The van der Waals surface area contributed by atoms with E-state index in [9.17, 15) is 8.42 Å². The van der Waals surface area contributed by atoms with E-state index in [0.717, 1.165) is 24.4 Å². The van der Waals surface area contributed by atoms with Gasteiger partial charge in [0.2, 0.25) is 10.0 Å². The van der Waals surface area contributed by atoms with Crippen molar-refractivity contribution < 1.29 is 8.42 Å². The zero-order valence-corrected chi connectivity index (χ0v) is 11.9. The van der Waals surface area contributed by atoms with Crippen LogP contribution in [0.1, 0.15) is 32.6 Å². The average molecular weight is 283 g/mol. The third-order valence-corrected chi connectivity index (χ3v) is 4.56. The summed E-state index contributed by atoms with van der Waals surface area (Å²) in [5.41, 5.74) is 7.09. The maximum Gasteiger partial charge on any atom is 0.238 e. The van der Waals surface area contributed by atoms with Gasteiger partial charge in [-0.15, -0.1) is 0 Å². The minimum atomic E-state index is -3.69. The summed E-state index contributed by atoms with van der Waals surface area (Å²) in [7, 11) is -3.69. The molecule has 0 aliphatic heterocycles. The molecule has 2 atom stereocenters. The van der Waals surface area contributed by atoms with Gasteiger partial charge in [0.1, 0.15) is 0 Å². The number of hydrogen-bond acceptors (Lipinski definition) is 4. The third kappa shape index (κ3) is 3.61. The van der Waals surface area contributed by atoms with Gasteiger partial charge in [-0.25, -0.2) is 13.6 Å². The van der Waals surface area contributed by atoms with E-state index < -0.39 is 10.0 Å². The Kier molecular flexibility index (Phi) is 4.01. The summed E-state index contributed by atoms with van der Waals surface area (Å²) in [5.74, 6) is 0.719. The highest BCUT2D eigenvalue weighted by atomic mass is 32.2. The summed E-state index contributed by atoms with van der Waals surface area (Å²) in [6.45, 7) is 2.25. The lowest BCUT2D eigenvalue weighted by Gasteiger charge is -2.28. The van der Waals surface area contributed by atoms with Crippen molar-refractivity contribution in [2.45, 2.75) is 43.5 Å². The van der Waals surface area contributed by atoms with Crippen molar-refractivity contribution in [1.29, 1.82) is 0 Å². The number of sulfonamides is 1. The van der Waals surface area contributed by atoms with Crippen molar-refractivity contribution in [3.63, 3.8) is 0 Å². The molecule has 19 heavy (non-hydrogen) atoms. The standard InChI is InChI=1S/C13H21N3O2S/c1-9-3-2-4-10(7-9)16-13-6-5-11(8-12(13)14)19(15,17)18/h5-6,8-10,16H,2-4,7,14H2,1H3,(H2,15,17,18). The Morgan fingerprint density at radius 2 is 2.05 bits per heavy atom. The quantitative estimate of drug-likeness (QED) is 0.738.